The largest absolute Gasteiger partial charge is 1.00 e. The molecule has 0 radical (unpaired) electrons. The number of halogens is 5. The smallest absolute Gasteiger partial charge is 0.768 e. The van der Waals surface area contributed by atoms with Gasteiger partial charge in [-0.1, -0.05) is 22.6 Å². The normalized spacial score (nSPS) is 14.9. The minimum absolute atomic E-state index is 0. The van der Waals surface area contributed by atoms with E-state index in [2.05, 4.69) is 0 Å². The fraction of sp³-hybridized carbons (Fsp3) is 1.00. The van der Waals surface area contributed by atoms with E-state index in [1.807, 2.05) is 0 Å². The molecule has 0 aromatic heterocycles. The van der Waals surface area contributed by atoms with E-state index < -0.39 is 28.7 Å². The van der Waals surface area contributed by atoms with Crippen LogP contribution in [0.3, 0.4) is 0 Å². The van der Waals surface area contributed by atoms with Crippen LogP contribution in [0.25, 0.3) is 0 Å². The molecule has 0 bridgehead atoms. The van der Waals surface area contributed by atoms with Crippen LogP contribution < -0.4 is 29.6 Å². The van der Waals surface area contributed by atoms with E-state index in [-0.39, 0.29) is 34.0 Å². The maximum Gasteiger partial charge on any atom is 1.00 e. The summed E-state index contributed by atoms with van der Waals surface area (Å²) < 4.78 is 68.1. The van der Waals surface area contributed by atoms with Crippen molar-refractivity contribution in [1.82, 2.24) is 0 Å². The van der Waals surface area contributed by atoms with Gasteiger partial charge in [0.2, 0.25) is 0 Å². The molecule has 0 aromatic carbocycles. The van der Waals surface area contributed by atoms with Crippen molar-refractivity contribution in [1.29, 1.82) is 0 Å². The predicted molar refractivity (Wildman–Crippen MR) is 42.3 cm³/mol. The van der Waals surface area contributed by atoms with Crippen LogP contribution >= 0.6 is 22.6 Å². The molecule has 0 aliphatic carbocycles. The molecular formula is C4H4F4INaO2S. The van der Waals surface area contributed by atoms with Crippen molar-refractivity contribution in [3.8, 4) is 0 Å². The molecule has 2 nitrogen and oxygen atoms in total. The fourth-order valence-corrected chi connectivity index (χ4v) is 1.41. The molecule has 0 amide bonds. The average molecular weight is 342 g/mol. The van der Waals surface area contributed by atoms with E-state index >= 15 is 0 Å². The van der Waals surface area contributed by atoms with Crippen molar-refractivity contribution < 1.29 is 55.9 Å². The summed E-state index contributed by atoms with van der Waals surface area (Å²) in [6.07, 6.45) is -1.16. The second kappa shape index (κ2) is 6.21. The van der Waals surface area contributed by atoms with E-state index in [0.29, 0.717) is 0 Å². The van der Waals surface area contributed by atoms with Gasteiger partial charge >= 0.3 is 40.7 Å². The van der Waals surface area contributed by atoms with Crippen LogP contribution in [0, 0.1) is 0 Å². The van der Waals surface area contributed by atoms with E-state index in [1.165, 1.54) is 22.6 Å². The average Bonchev–Trinajstić information content (AvgIpc) is 1.86. The van der Waals surface area contributed by atoms with E-state index in [0.717, 1.165) is 0 Å². The molecule has 13 heavy (non-hydrogen) atoms. The van der Waals surface area contributed by atoms with Gasteiger partial charge in [0.05, 0.1) is 0 Å². The van der Waals surface area contributed by atoms with Gasteiger partial charge in [-0.2, -0.15) is 17.6 Å². The van der Waals surface area contributed by atoms with Gasteiger partial charge in [-0.05, 0) is 0 Å². The van der Waals surface area contributed by atoms with Gasteiger partial charge in [0.25, 0.3) is 0 Å². The molecule has 0 spiro atoms. The number of hydrogen-bond acceptors (Lipinski definition) is 2. The summed E-state index contributed by atoms with van der Waals surface area (Å²) in [6.45, 7) is 0. The summed E-state index contributed by atoms with van der Waals surface area (Å²) in [7, 11) is 0. The third-order valence-electron chi connectivity index (χ3n) is 1.04. The van der Waals surface area contributed by atoms with Crippen molar-refractivity contribution in [3.63, 3.8) is 0 Å². The van der Waals surface area contributed by atoms with Gasteiger partial charge in [0, 0.05) is 21.9 Å². The van der Waals surface area contributed by atoms with Gasteiger partial charge in [-0.15, -0.1) is 0 Å². The molecule has 74 valence electrons. The number of alkyl halides is 5. The van der Waals surface area contributed by atoms with Crippen molar-refractivity contribution in [3.05, 3.63) is 0 Å². The zero-order valence-electron chi connectivity index (χ0n) is 6.53. The molecule has 0 aliphatic heterocycles. The first kappa shape index (κ1) is 17.0. The second-order valence-electron chi connectivity index (χ2n) is 1.89. The van der Waals surface area contributed by atoms with Gasteiger partial charge in [-0.3, -0.25) is 4.21 Å². The standard InChI is InChI=1S/C4H5F4IO2S.Na/c5-3(6,1-2-9)4(7,8)12(10)11;/h1-2H2,(H,10,11);/q;+1/p-1. The maximum absolute atomic E-state index is 12.3. The van der Waals surface area contributed by atoms with Crippen molar-refractivity contribution >= 4 is 33.7 Å². The SMILES string of the molecule is O=S([O-])C(F)(F)C(F)(F)CCI.[Na+]. The first-order valence-corrected chi connectivity index (χ1v) is 5.26. The molecule has 0 rings (SSSR count). The summed E-state index contributed by atoms with van der Waals surface area (Å²) in [4.78, 5) is 0. The van der Waals surface area contributed by atoms with Crippen molar-refractivity contribution in [2.75, 3.05) is 4.43 Å². The van der Waals surface area contributed by atoms with Crippen LogP contribution in [-0.4, -0.2) is 24.4 Å². The van der Waals surface area contributed by atoms with Crippen LogP contribution in [0.4, 0.5) is 17.6 Å². The molecule has 0 N–H and O–H groups in total. The van der Waals surface area contributed by atoms with Crippen LogP contribution in [0.2, 0.25) is 0 Å². The Morgan fingerprint density at radius 1 is 1.31 bits per heavy atom. The quantitative estimate of drug-likeness (QED) is 0.215. The zero-order valence-corrected chi connectivity index (χ0v) is 11.5. The van der Waals surface area contributed by atoms with Crippen molar-refractivity contribution in [2.45, 2.75) is 17.6 Å². The first-order valence-electron chi connectivity index (χ1n) is 2.66. The third-order valence-corrected chi connectivity index (χ3v) is 2.30. The summed E-state index contributed by atoms with van der Waals surface area (Å²) >= 11 is -2.62. The summed E-state index contributed by atoms with van der Waals surface area (Å²) in [5, 5.41) is -4.97. The minimum atomic E-state index is -4.97. The first-order chi connectivity index (χ1) is 5.25. The Balaban J connectivity index is 0. The number of hydrogen-bond donors (Lipinski definition) is 0. The molecule has 0 fully saturated rings. The molecule has 9 heteroatoms. The monoisotopic (exact) mass is 342 g/mol. The molecule has 1 atom stereocenters. The van der Waals surface area contributed by atoms with Crippen LogP contribution in [0.15, 0.2) is 0 Å². The Labute approximate surface area is 111 Å². The van der Waals surface area contributed by atoms with E-state index in [9.17, 15) is 26.3 Å². The predicted octanol–water partition coefficient (Wildman–Crippen LogP) is -1.08. The van der Waals surface area contributed by atoms with Crippen molar-refractivity contribution in [2.24, 2.45) is 0 Å². The number of rotatable bonds is 4. The zero-order chi connectivity index (χ0) is 9.99. The topological polar surface area (TPSA) is 40.1 Å². The molecule has 0 saturated heterocycles. The second-order valence-corrected chi connectivity index (χ2v) is 3.96. The molecule has 0 saturated carbocycles. The summed E-state index contributed by atoms with van der Waals surface area (Å²) in [5.41, 5.74) is 0. The van der Waals surface area contributed by atoms with E-state index in [1.54, 1.807) is 0 Å². The summed E-state index contributed by atoms with van der Waals surface area (Å²) in [5.74, 6) is -4.49. The Hall–Kier alpha value is 1.56. The van der Waals surface area contributed by atoms with Crippen LogP contribution in [0.1, 0.15) is 6.42 Å². The Morgan fingerprint density at radius 3 is 1.92 bits per heavy atom. The molecular weight excluding hydrogens is 338 g/mol. The van der Waals surface area contributed by atoms with Gasteiger partial charge in [0.15, 0.2) is 0 Å². The van der Waals surface area contributed by atoms with Crippen LogP contribution in [0.5, 0.6) is 0 Å². The maximum atomic E-state index is 12.3. The van der Waals surface area contributed by atoms with Gasteiger partial charge in [0.1, 0.15) is 0 Å². The Morgan fingerprint density at radius 2 is 1.69 bits per heavy atom. The minimum Gasteiger partial charge on any atom is -0.768 e. The fourth-order valence-electron chi connectivity index (χ4n) is 0.386. The van der Waals surface area contributed by atoms with Gasteiger partial charge < -0.3 is 4.55 Å². The van der Waals surface area contributed by atoms with Gasteiger partial charge in [-0.25, -0.2) is 0 Å². The molecule has 0 aliphatic rings. The molecule has 1 unspecified atom stereocenters. The van der Waals surface area contributed by atoms with Crippen LogP contribution in [-0.2, 0) is 11.1 Å². The Kier molecular flexibility index (Phi) is 8.11. The molecule has 0 heterocycles. The third kappa shape index (κ3) is 4.29. The summed E-state index contributed by atoms with van der Waals surface area (Å²) in [6, 6.07) is 0. The molecule has 0 aromatic rings. The van der Waals surface area contributed by atoms with E-state index in [4.69, 9.17) is 0 Å². The Bertz CT molecular complexity index is 191.